The van der Waals surface area contributed by atoms with Crippen LogP contribution in [0.5, 0.6) is 5.75 Å². The first-order valence-electron chi connectivity index (χ1n) is 8.12. The molecule has 0 aromatic heterocycles. The zero-order valence-corrected chi connectivity index (χ0v) is 14.3. The highest BCUT2D eigenvalue weighted by Gasteiger charge is 2.20. The van der Waals surface area contributed by atoms with Crippen LogP contribution in [0.15, 0.2) is 18.2 Å². The maximum atomic E-state index is 10.8. The predicted octanol–water partition coefficient (Wildman–Crippen LogP) is 2.60. The third-order valence-corrected chi connectivity index (χ3v) is 4.09. The molecule has 1 aliphatic rings. The first-order chi connectivity index (χ1) is 11.1. The molecule has 0 spiro atoms. The monoisotopic (exact) mass is 340 g/mol. The van der Waals surface area contributed by atoms with E-state index in [1.54, 1.807) is 6.07 Å². The molecule has 1 saturated heterocycles. The lowest BCUT2D eigenvalue weighted by Gasteiger charge is -2.32. The van der Waals surface area contributed by atoms with E-state index in [9.17, 15) is 4.79 Å². The normalized spacial score (nSPS) is 18.8. The fourth-order valence-electron chi connectivity index (χ4n) is 2.74. The molecular weight excluding hydrogens is 316 g/mol. The molecule has 2 N–H and O–H groups in total. The second kappa shape index (κ2) is 9.11. The van der Waals surface area contributed by atoms with Crippen molar-refractivity contribution in [2.75, 3.05) is 26.3 Å². The van der Waals surface area contributed by atoms with Crippen molar-refractivity contribution in [2.24, 2.45) is 5.73 Å². The second-order valence-electron chi connectivity index (χ2n) is 5.89. The van der Waals surface area contributed by atoms with Gasteiger partial charge >= 0.3 is 0 Å². The standard InChI is InChI=1S/C17H25ClN2O3/c1-2-8-22-14-4-3-7-20(11-14)10-13-5-6-16(15(18)9-13)23-12-17(19)21/h5-6,9,14H,2-4,7-8,10-12H2,1H3,(H2,19,21). The number of rotatable bonds is 8. The average Bonchev–Trinajstić information content (AvgIpc) is 2.52. The van der Waals surface area contributed by atoms with Gasteiger partial charge in [-0.15, -0.1) is 0 Å². The third-order valence-electron chi connectivity index (χ3n) is 3.79. The van der Waals surface area contributed by atoms with Crippen LogP contribution in [-0.4, -0.2) is 43.2 Å². The zero-order chi connectivity index (χ0) is 16.7. The Morgan fingerprint density at radius 3 is 3.00 bits per heavy atom. The fraction of sp³-hybridized carbons (Fsp3) is 0.588. The van der Waals surface area contributed by atoms with E-state index in [2.05, 4.69) is 11.8 Å². The van der Waals surface area contributed by atoms with Crippen molar-refractivity contribution in [3.63, 3.8) is 0 Å². The van der Waals surface area contributed by atoms with E-state index in [1.165, 1.54) is 0 Å². The van der Waals surface area contributed by atoms with E-state index in [0.717, 1.165) is 51.1 Å². The van der Waals surface area contributed by atoms with Crippen molar-refractivity contribution in [2.45, 2.75) is 38.8 Å². The van der Waals surface area contributed by atoms with Crippen LogP contribution in [0.25, 0.3) is 0 Å². The molecule has 1 aromatic rings. The van der Waals surface area contributed by atoms with Crippen LogP contribution in [0, 0.1) is 0 Å². The van der Waals surface area contributed by atoms with E-state index in [1.807, 2.05) is 12.1 Å². The molecule has 1 aliphatic heterocycles. The summed E-state index contributed by atoms with van der Waals surface area (Å²) >= 11 is 6.21. The number of primary amides is 1. The minimum atomic E-state index is -0.517. The van der Waals surface area contributed by atoms with Gasteiger partial charge in [-0.2, -0.15) is 0 Å². The lowest BCUT2D eigenvalue weighted by Crippen LogP contribution is -2.39. The molecule has 0 radical (unpaired) electrons. The molecule has 6 heteroatoms. The van der Waals surface area contributed by atoms with E-state index in [4.69, 9.17) is 26.8 Å². The summed E-state index contributed by atoms with van der Waals surface area (Å²) in [5, 5.41) is 0.500. The van der Waals surface area contributed by atoms with Crippen LogP contribution >= 0.6 is 11.6 Å². The van der Waals surface area contributed by atoms with Gasteiger partial charge in [-0.25, -0.2) is 0 Å². The number of carbonyl (C=O) groups excluding carboxylic acids is 1. The van der Waals surface area contributed by atoms with Crippen LogP contribution < -0.4 is 10.5 Å². The number of piperidine rings is 1. The van der Waals surface area contributed by atoms with Gasteiger partial charge in [-0.1, -0.05) is 24.6 Å². The van der Waals surface area contributed by atoms with Crippen molar-refractivity contribution in [1.82, 2.24) is 4.90 Å². The van der Waals surface area contributed by atoms with E-state index < -0.39 is 5.91 Å². The Morgan fingerprint density at radius 2 is 2.30 bits per heavy atom. The molecule has 1 aromatic carbocycles. The number of nitrogens with zero attached hydrogens (tertiary/aromatic N) is 1. The highest BCUT2D eigenvalue weighted by Crippen LogP contribution is 2.26. The molecule has 1 unspecified atom stereocenters. The maximum absolute atomic E-state index is 10.8. The Bertz CT molecular complexity index is 525. The fourth-order valence-corrected chi connectivity index (χ4v) is 3.00. The Morgan fingerprint density at radius 1 is 1.48 bits per heavy atom. The number of carbonyl (C=O) groups is 1. The zero-order valence-electron chi connectivity index (χ0n) is 13.6. The number of hydrogen-bond acceptors (Lipinski definition) is 4. The van der Waals surface area contributed by atoms with Crippen LogP contribution in [-0.2, 0) is 16.1 Å². The molecule has 1 fully saturated rings. The Kier molecular flexibility index (Phi) is 7.15. The van der Waals surface area contributed by atoms with Crippen molar-refractivity contribution in [3.05, 3.63) is 28.8 Å². The summed E-state index contributed by atoms with van der Waals surface area (Å²) in [6.45, 7) is 5.66. The molecule has 0 bridgehead atoms. The molecule has 5 nitrogen and oxygen atoms in total. The smallest absolute Gasteiger partial charge is 0.255 e. The predicted molar refractivity (Wildman–Crippen MR) is 90.7 cm³/mol. The van der Waals surface area contributed by atoms with Crippen molar-refractivity contribution in [1.29, 1.82) is 0 Å². The molecule has 1 amide bonds. The lowest BCUT2D eigenvalue weighted by molar-refractivity contribution is -0.119. The molecule has 0 saturated carbocycles. The van der Waals surface area contributed by atoms with Crippen molar-refractivity contribution in [3.8, 4) is 5.75 Å². The Hall–Kier alpha value is -1.30. The van der Waals surface area contributed by atoms with E-state index >= 15 is 0 Å². The largest absolute Gasteiger partial charge is 0.482 e. The molecule has 128 valence electrons. The number of likely N-dealkylation sites (tertiary alicyclic amines) is 1. The topological polar surface area (TPSA) is 64.8 Å². The average molecular weight is 341 g/mol. The van der Waals surface area contributed by atoms with Gasteiger partial charge in [0.25, 0.3) is 5.91 Å². The van der Waals surface area contributed by atoms with Gasteiger partial charge < -0.3 is 15.2 Å². The summed E-state index contributed by atoms with van der Waals surface area (Å²) < 4.78 is 11.1. The first kappa shape index (κ1) is 18.0. The van der Waals surface area contributed by atoms with Gasteiger partial charge in [0.2, 0.25) is 0 Å². The van der Waals surface area contributed by atoms with Gasteiger partial charge in [-0.3, -0.25) is 9.69 Å². The minimum Gasteiger partial charge on any atom is -0.482 e. The van der Waals surface area contributed by atoms with Gasteiger partial charge in [0.05, 0.1) is 11.1 Å². The first-order valence-corrected chi connectivity index (χ1v) is 8.49. The van der Waals surface area contributed by atoms with Crippen LogP contribution in [0.1, 0.15) is 31.7 Å². The number of hydrogen-bond donors (Lipinski definition) is 1. The highest BCUT2D eigenvalue weighted by molar-refractivity contribution is 6.32. The van der Waals surface area contributed by atoms with Gasteiger partial charge in [-0.05, 0) is 43.5 Å². The highest BCUT2D eigenvalue weighted by atomic mass is 35.5. The summed E-state index contributed by atoms with van der Waals surface area (Å²) in [7, 11) is 0. The lowest BCUT2D eigenvalue weighted by atomic mass is 10.1. The summed E-state index contributed by atoms with van der Waals surface area (Å²) in [6, 6.07) is 5.64. The Labute approximate surface area is 142 Å². The molecule has 0 aliphatic carbocycles. The SMILES string of the molecule is CCCOC1CCCN(Cc2ccc(OCC(N)=O)c(Cl)c2)C1. The number of halogens is 1. The molecule has 2 rings (SSSR count). The molecular formula is C17H25ClN2O3. The number of benzene rings is 1. The molecule has 1 heterocycles. The van der Waals surface area contributed by atoms with Gasteiger partial charge in [0.1, 0.15) is 5.75 Å². The Balaban J connectivity index is 1.89. The number of amides is 1. The van der Waals surface area contributed by atoms with Crippen molar-refractivity contribution >= 4 is 17.5 Å². The van der Waals surface area contributed by atoms with Crippen LogP contribution in [0.3, 0.4) is 0 Å². The van der Waals surface area contributed by atoms with Crippen LogP contribution in [0.4, 0.5) is 0 Å². The molecule has 23 heavy (non-hydrogen) atoms. The van der Waals surface area contributed by atoms with E-state index in [0.29, 0.717) is 16.9 Å². The van der Waals surface area contributed by atoms with Gasteiger partial charge in [0.15, 0.2) is 6.61 Å². The second-order valence-corrected chi connectivity index (χ2v) is 6.30. The van der Waals surface area contributed by atoms with Crippen LogP contribution in [0.2, 0.25) is 5.02 Å². The summed E-state index contributed by atoms with van der Waals surface area (Å²) in [4.78, 5) is 13.1. The summed E-state index contributed by atoms with van der Waals surface area (Å²) in [6.07, 6.45) is 3.68. The van der Waals surface area contributed by atoms with E-state index in [-0.39, 0.29) is 6.61 Å². The van der Waals surface area contributed by atoms with Crippen molar-refractivity contribution < 1.29 is 14.3 Å². The summed E-state index contributed by atoms with van der Waals surface area (Å²) in [5.74, 6) is -0.0337. The quantitative estimate of drug-likeness (QED) is 0.790. The minimum absolute atomic E-state index is 0.165. The number of ether oxygens (including phenoxy) is 2. The third kappa shape index (κ3) is 6.01. The summed E-state index contributed by atoms with van der Waals surface area (Å²) in [5.41, 5.74) is 6.19. The number of nitrogens with two attached hydrogens (primary N) is 1. The molecule has 1 atom stereocenters. The van der Waals surface area contributed by atoms with Gasteiger partial charge in [0, 0.05) is 19.7 Å². The maximum Gasteiger partial charge on any atom is 0.255 e.